The van der Waals surface area contributed by atoms with Crippen LogP contribution in [0.4, 0.5) is 11.4 Å². The molecule has 5 heteroatoms. The van der Waals surface area contributed by atoms with E-state index >= 15 is 0 Å². The van der Waals surface area contributed by atoms with Crippen molar-refractivity contribution in [2.24, 2.45) is 0 Å². The second-order valence-corrected chi connectivity index (χ2v) is 7.40. The van der Waals surface area contributed by atoms with Crippen molar-refractivity contribution in [3.8, 4) is 0 Å². The molecular weight excluding hydrogens is 358 g/mol. The molecule has 0 aliphatic carbocycles. The zero-order valence-electron chi connectivity index (χ0n) is 15.3. The molecule has 4 rings (SSSR count). The van der Waals surface area contributed by atoms with Crippen LogP contribution in [0, 0.1) is 0 Å². The normalized spacial score (nSPS) is 15.1. The molecule has 1 N–H and O–H groups in total. The Bertz CT molecular complexity index is 980. The first-order chi connectivity index (χ1) is 13.1. The molecule has 0 atom stereocenters. The number of amides is 1. The fourth-order valence-corrected chi connectivity index (χ4v) is 3.68. The van der Waals surface area contributed by atoms with Gasteiger partial charge in [0.1, 0.15) is 0 Å². The summed E-state index contributed by atoms with van der Waals surface area (Å²) < 4.78 is 0. The van der Waals surface area contributed by atoms with E-state index in [1.165, 1.54) is 11.1 Å². The predicted molar refractivity (Wildman–Crippen MR) is 113 cm³/mol. The third-order valence-electron chi connectivity index (χ3n) is 5.05. The average Bonchev–Trinajstić information content (AvgIpc) is 2.68. The number of benzene rings is 3. The van der Waals surface area contributed by atoms with Gasteiger partial charge in [0.15, 0.2) is 0 Å². The summed E-state index contributed by atoms with van der Waals surface area (Å²) >= 11 is 6.00. The Labute approximate surface area is 164 Å². The lowest BCUT2D eigenvalue weighted by Crippen LogP contribution is -2.44. The lowest BCUT2D eigenvalue weighted by molar-refractivity contribution is 0.102. The molecule has 3 aromatic rings. The van der Waals surface area contributed by atoms with E-state index in [1.54, 1.807) is 24.3 Å². The minimum atomic E-state index is -0.158. The summed E-state index contributed by atoms with van der Waals surface area (Å²) in [6.45, 7) is 4.13. The van der Waals surface area contributed by atoms with Gasteiger partial charge in [0, 0.05) is 53.5 Å². The molecule has 3 aromatic carbocycles. The van der Waals surface area contributed by atoms with E-state index in [9.17, 15) is 4.79 Å². The molecule has 1 fully saturated rings. The number of likely N-dealkylation sites (N-methyl/N-ethyl adjacent to an activating group) is 1. The van der Waals surface area contributed by atoms with Crippen molar-refractivity contribution < 1.29 is 4.79 Å². The third-order valence-corrected chi connectivity index (χ3v) is 5.28. The number of nitrogens with zero attached hydrogens (tertiary/aromatic N) is 2. The maximum Gasteiger partial charge on any atom is 0.255 e. The number of rotatable bonds is 3. The van der Waals surface area contributed by atoms with Gasteiger partial charge in [-0.1, -0.05) is 35.9 Å². The van der Waals surface area contributed by atoms with Crippen LogP contribution in [0.3, 0.4) is 0 Å². The summed E-state index contributed by atoms with van der Waals surface area (Å²) in [4.78, 5) is 17.3. The number of piperazine rings is 1. The lowest BCUT2D eigenvalue weighted by atomic mass is 10.1. The summed E-state index contributed by atoms with van der Waals surface area (Å²) in [6.07, 6.45) is 0. The van der Waals surface area contributed by atoms with Crippen LogP contribution < -0.4 is 10.2 Å². The number of hydrogen-bond acceptors (Lipinski definition) is 3. The van der Waals surface area contributed by atoms with Gasteiger partial charge in [0.05, 0.1) is 0 Å². The van der Waals surface area contributed by atoms with Gasteiger partial charge in [-0.2, -0.15) is 0 Å². The Morgan fingerprint density at radius 3 is 2.52 bits per heavy atom. The maximum atomic E-state index is 12.5. The SMILES string of the molecule is CN1CCN(c2cccc3ccc(NC(=O)c4cccc(Cl)c4)cc23)CC1. The second kappa shape index (κ2) is 7.59. The molecule has 1 heterocycles. The Morgan fingerprint density at radius 1 is 0.963 bits per heavy atom. The summed E-state index contributed by atoms with van der Waals surface area (Å²) in [5, 5.41) is 5.88. The summed E-state index contributed by atoms with van der Waals surface area (Å²) in [6, 6.07) is 19.4. The quantitative estimate of drug-likeness (QED) is 0.727. The fraction of sp³-hybridized carbons (Fsp3) is 0.227. The molecule has 4 nitrogen and oxygen atoms in total. The molecule has 0 radical (unpaired) electrons. The van der Waals surface area contributed by atoms with Gasteiger partial charge in [-0.15, -0.1) is 0 Å². The van der Waals surface area contributed by atoms with E-state index in [1.807, 2.05) is 6.07 Å². The van der Waals surface area contributed by atoms with Gasteiger partial charge in [-0.25, -0.2) is 0 Å². The van der Waals surface area contributed by atoms with E-state index < -0.39 is 0 Å². The second-order valence-electron chi connectivity index (χ2n) is 6.97. The summed E-state index contributed by atoms with van der Waals surface area (Å²) in [5.74, 6) is -0.158. The molecule has 138 valence electrons. The topological polar surface area (TPSA) is 35.6 Å². The van der Waals surface area contributed by atoms with Crippen LogP contribution in [0.1, 0.15) is 10.4 Å². The molecule has 27 heavy (non-hydrogen) atoms. The van der Waals surface area contributed by atoms with Crippen LogP contribution in [0.2, 0.25) is 5.02 Å². The highest BCUT2D eigenvalue weighted by molar-refractivity contribution is 6.31. The van der Waals surface area contributed by atoms with Gasteiger partial charge in [0.25, 0.3) is 5.91 Å². The number of halogens is 1. The molecule has 1 aliphatic rings. The molecule has 1 saturated heterocycles. The number of hydrogen-bond donors (Lipinski definition) is 1. The van der Waals surface area contributed by atoms with E-state index in [4.69, 9.17) is 11.6 Å². The van der Waals surface area contributed by atoms with Crippen molar-refractivity contribution in [1.29, 1.82) is 0 Å². The zero-order valence-corrected chi connectivity index (χ0v) is 16.0. The van der Waals surface area contributed by atoms with Crippen molar-refractivity contribution in [3.05, 3.63) is 71.2 Å². The Morgan fingerprint density at radius 2 is 1.74 bits per heavy atom. The van der Waals surface area contributed by atoms with Gasteiger partial charge < -0.3 is 15.1 Å². The van der Waals surface area contributed by atoms with Crippen molar-refractivity contribution in [3.63, 3.8) is 0 Å². The number of fused-ring (bicyclic) bond motifs is 1. The van der Waals surface area contributed by atoms with Crippen LogP contribution >= 0.6 is 11.6 Å². The van der Waals surface area contributed by atoms with Gasteiger partial charge in [-0.3, -0.25) is 4.79 Å². The van der Waals surface area contributed by atoms with Gasteiger partial charge in [-0.05, 0) is 48.8 Å². The first-order valence-corrected chi connectivity index (χ1v) is 9.51. The van der Waals surface area contributed by atoms with E-state index in [2.05, 4.69) is 52.5 Å². The molecule has 1 amide bonds. The van der Waals surface area contributed by atoms with Gasteiger partial charge in [0.2, 0.25) is 0 Å². The molecular formula is C22H22ClN3O. The zero-order chi connectivity index (χ0) is 18.8. The number of nitrogens with one attached hydrogen (secondary N) is 1. The average molecular weight is 380 g/mol. The van der Waals surface area contributed by atoms with E-state index in [0.29, 0.717) is 10.6 Å². The number of anilines is 2. The molecule has 1 aliphatic heterocycles. The maximum absolute atomic E-state index is 12.5. The highest BCUT2D eigenvalue weighted by atomic mass is 35.5. The van der Waals surface area contributed by atoms with E-state index in [-0.39, 0.29) is 5.91 Å². The molecule has 0 bridgehead atoms. The van der Waals surface area contributed by atoms with E-state index in [0.717, 1.165) is 37.3 Å². The predicted octanol–water partition coefficient (Wildman–Crippen LogP) is 4.50. The third kappa shape index (κ3) is 3.92. The molecule has 0 aromatic heterocycles. The van der Waals surface area contributed by atoms with Crippen molar-refractivity contribution >= 4 is 39.7 Å². The minimum absolute atomic E-state index is 0.158. The van der Waals surface area contributed by atoms with Crippen molar-refractivity contribution in [1.82, 2.24) is 4.90 Å². The van der Waals surface area contributed by atoms with Crippen molar-refractivity contribution in [2.45, 2.75) is 0 Å². The Kier molecular flexibility index (Phi) is 5.01. The highest BCUT2D eigenvalue weighted by Gasteiger charge is 2.16. The summed E-state index contributed by atoms with van der Waals surface area (Å²) in [5.41, 5.74) is 2.56. The van der Waals surface area contributed by atoms with Crippen LogP contribution in [0.25, 0.3) is 10.8 Å². The largest absolute Gasteiger partial charge is 0.368 e. The van der Waals surface area contributed by atoms with Crippen LogP contribution in [0.5, 0.6) is 0 Å². The minimum Gasteiger partial charge on any atom is -0.368 e. The van der Waals surface area contributed by atoms with Crippen LogP contribution in [-0.2, 0) is 0 Å². The van der Waals surface area contributed by atoms with Crippen LogP contribution in [0.15, 0.2) is 60.7 Å². The van der Waals surface area contributed by atoms with Crippen LogP contribution in [-0.4, -0.2) is 44.0 Å². The van der Waals surface area contributed by atoms with Gasteiger partial charge >= 0.3 is 0 Å². The molecule has 0 unspecified atom stereocenters. The number of carbonyl (C=O) groups excluding carboxylic acids is 1. The smallest absolute Gasteiger partial charge is 0.255 e. The molecule has 0 saturated carbocycles. The Hall–Kier alpha value is -2.56. The standard InChI is InChI=1S/C22H22ClN3O/c1-25-10-12-26(13-11-25)21-7-3-4-16-8-9-19(15-20(16)21)24-22(27)17-5-2-6-18(23)14-17/h2-9,14-15H,10-13H2,1H3,(H,24,27). The lowest BCUT2D eigenvalue weighted by Gasteiger charge is -2.34. The highest BCUT2D eigenvalue weighted by Crippen LogP contribution is 2.30. The molecule has 0 spiro atoms. The first kappa shape index (κ1) is 17.8. The fourth-order valence-electron chi connectivity index (χ4n) is 3.49. The monoisotopic (exact) mass is 379 g/mol. The van der Waals surface area contributed by atoms with Crippen molar-refractivity contribution in [2.75, 3.05) is 43.4 Å². The summed E-state index contributed by atoms with van der Waals surface area (Å²) in [7, 11) is 2.16. The number of carbonyl (C=O) groups is 1. The first-order valence-electron chi connectivity index (χ1n) is 9.13. The Balaban J connectivity index is 1.63.